The lowest BCUT2D eigenvalue weighted by molar-refractivity contribution is -0.274. The van der Waals surface area contributed by atoms with Gasteiger partial charge in [0.25, 0.3) is 0 Å². The molecule has 0 aliphatic heterocycles. The van der Waals surface area contributed by atoms with Gasteiger partial charge in [0, 0.05) is 29.4 Å². The largest absolute Gasteiger partial charge is 0.573 e. The number of ether oxygens (including phenoxy) is 1. The average molecular weight is 348 g/mol. The second-order valence-electron chi connectivity index (χ2n) is 6.36. The van der Waals surface area contributed by atoms with Crippen LogP contribution in [0.3, 0.4) is 0 Å². The van der Waals surface area contributed by atoms with E-state index in [9.17, 15) is 13.2 Å². The van der Waals surface area contributed by atoms with Crippen molar-refractivity contribution < 1.29 is 17.9 Å². The van der Waals surface area contributed by atoms with Crippen LogP contribution in [0.2, 0.25) is 0 Å². The molecule has 0 unspecified atom stereocenters. The Labute approximate surface area is 144 Å². The van der Waals surface area contributed by atoms with Gasteiger partial charge in [-0.2, -0.15) is 5.10 Å². The first-order chi connectivity index (χ1) is 11.9. The number of terminal acetylenes is 1. The molecule has 1 fully saturated rings. The van der Waals surface area contributed by atoms with Gasteiger partial charge in [-0.25, -0.2) is 0 Å². The number of hydrogen-bond donors (Lipinski definition) is 0. The van der Waals surface area contributed by atoms with Crippen LogP contribution in [0.5, 0.6) is 5.75 Å². The van der Waals surface area contributed by atoms with Crippen LogP contribution in [0.1, 0.15) is 37.7 Å². The van der Waals surface area contributed by atoms with Crippen LogP contribution >= 0.6 is 0 Å². The van der Waals surface area contributed by atoms with E-state index in [1.165, 1.54) is 50.3 Å². The van der Waals surface area contributed by atoms with Crippen molar-refractivity contribution in [2.45, 2.75) is 45.0 Å². The first-order valence-electron chi connectivity index (χ1n) is 8.34. The lowest BCUT2D eigenvalue weighted by Crippen LogP contribution is -2.17. The summed E-state index contributed by atoms with van der Waals surface area (Å²) >= 11 is 0. The Hall–Kier alpha value is -2.42. The van der Waals surface area contributed by atoms with Gasteiger partial charge in [-0.15, -0.1) is 19.6 Å². The summed E-state index contributed by atoms with van der Waals surface area (Å²) in [7, 11) is 0. The van der Waals surface area contributed by atoms with Crippen molar-refractivity contribution in [3.63, 3.8) is 0 Å². The molecule has 0 spiro atoms. The van der Waals surface area contributed by atoms with Gasteiger partial charge in [0.05, 0.1) is 6.20 Å². The topological polar surface area (TPSA) is 27.1 Å². The molecule has 1 heterocycles. The molecule has 3 nitrogen and oxygen atoms in total. The van der Waals surface area contributed by atoms with E-state index < -0.39 is 6.36 Å². The van der Waals surface area contributed by atoms with Crippen LogP contribution in [0.15, 0.2) is 30.6 Å². The van der Waals surface area contributed by atoms with Crippen molar-refractivity contribution in [1.82, 2.24) is 9.78 Å². The summed E-state index contributed by atoms with van der Waals surface area (Å²) in [6.45, 7) is 0.782. The van der Waals surface area contributed by atoms with Crippen molar-refractivity contribution in [2.24, 2.45) is 5.92 Å². The number of nitrogens with zero attached hydrogens (tertiary/aromatic N) is 2. The molecule has 3 rings (SSSR count). The van der Waals surface area contributed by atoms with Crippen LogP contribution in [0.4, 0.5) is 13.2 Å². The molecular weight excluding hydrogens is 329 g/mol. The molecule has 0 saturated heterocycles. The van der Waals surface area contributed by atoms with E-state index in [-0.39, 0.29) is 5.75 Å². The van der Waals surface area contributed by atoms with Crippen LogP contribution in [0, 0.1) is 18.3 Å². The molecule has 1 aliphatic rings. The van der Waals surface area contributed by atoms with Crippen molar-refractivity contribution in [3.05, 3.63) is 36.2 Å². The predicted octanol–water partition coefficient (Wildman–Crippen LogP) is 5.01. The highest BCUT2D eigenvalue weighted by Gasteiger charge is 2.32. The molecular formula is C19H19F3N2O. The number of hydrogen-bond acceptors (Lipinski definition) is 2. The molecule has 1 aromatic heterocycles. The van der Waals surface area contributed by atoms with Gasteiger partial charge >= 0.3 is 6.36 Å². The summed E-state index contributed by atoms with van der Waals surface area (Å²) in [6.07, 6.45) is 10.00. The normalized spacial score (nSPS) is 15.8. The van der Waals surface area contributed by atoms with E-state index in [0.717, 1.165) is 6.54 Å². The molecule has 0 amide bonds. The standard InChI is InChI=1S/C19H19F3N2O/c1-2-14-8-9-18(25-19(20,21)22)17(10-14)16-11-23-24(13-16)12-15-6-4-3-5-7-15/h1,8-11,13,15H,3-7,12H2. The Balaban J connectivity index is 1.86. The van der Waals surface area contributed by atoms with Crippen molar-refractivity contribution in [2.75, 3.05) is 0 Å². The van der Waals surface area contributed by atoms with Crippen molar-refractivity contribution in [3.8, 4) is 29.2 Å². The number of halogens is 3. The Morgan fingerprint density at radius 3 is 2.68 bits per heavy atom. The van der Waals surface area contributed by atoms with E-state index in [0.29, 0.717) is 22.6 Å². The van der Waals surface area contributed by atoms with Gasteiger partial charge in [0.2, 0.25) is 0 Å². The lowest BCUT2D eigenvalue weighted by Gasteiger charge is -2.21. The zero-order valence-electron chi connectivity index (χ0n) is 13.7. The zero-order chi connectivity index (χ0) is 17.9. The van der Waals surface area contributed by atoms with Gasteiger partial charge in [-0.1, -0.05) is 25.2 Å². The molecule has 1 aliphatic carbocycles. The second kappa shape index (κ2) is 7.22. The lowest BCUT2D eigenvalue weighted by atomic mass is 9.89. The summed E-state index contributed by atoms with van der Waals surface area (Å²) < 4.78 is 43.9. The quantitative estimate of drug-likeness (QED) is 0.726. The summed E-state index contributed by atoms with van der Waals surface area (Å²) in [5.74, 6) is 2.73. The fourth-order valence-electron chi connectivity index (χ4n) is 3.30. The Kier molecular flexibility index (Phi) is 5.03. The molecule has 132 valence electrons. The first-order valence-corrected chi connectivity index (χ1v) is 8.34. The highest BCUT2D eigenvalue weighted by atomic mass is 19.4. The highest BCUT2D eigenvalue weighted by Crippen LogP contribution is 2.35. The van der Waals surface area contributed by atoms with E-state index in [4.69, 9.17) is 6.42 Å². The predicted molar refractivity (Wildman–Crippen MR) is 88.9 cm³/mol. The molecule has 25 heavy (non-hydrogen) atoms. The number of rotatable bonds is 4. The molecule has 1 aromatic carbocycles. The average Bonchev–Trinajstić information content (AvgIpc) is 3.03. The zero-order valence-corrected chi connectivity index (χ0v) is 13.7. The number of benzene rings is 1. The van der Waals surface area contributed by atoms with Crippen LogP contribution in [-0.4, -0.2) is 16.1 Å². The maximum atomic E-state index is 12.7. The number of alkyl halides is 3. The summed E-state index contributed by atoms with van der Waals surface area (Å²) in [5, 5.41) is 4.31. The Morgan fingerprint density at radius 2 is 2.00 bits per heavy atom. The van der Waals surface area contributed by atoms with Crippen molar-refractivity contribution in [1.29, 1.82) is 0 Å². The summed E-state index contributed by atoms with van der Waals surface area (Å²) in [6, 6.07) is 4.19. The molecule has 0 radical (unpaired) electrons. The monoisotopic (exact) mass is 348 g/mol. The SMILES string of the molecule is C#Cc1ccc(OC(F)(F)F)c(-c2cnn(CC3CCCCC3)c2)c1. The third kappa shape index (κ3) is 4.56. The van der Waals surface area contributed by atoms with Gasteiger partial charge in [0.15, 0.2) is 0 Å². The molecule has 0 atom stereocenters. The Morgan fingerprint density at radius 1 is 1.24 bits per heavy atom. The maximum absolute atomic E-state index is 12.7. The number of aromatic nitrogens is 2. The fourth-order valence-corrected chi connectivity index (χ4v) is 3.30. The van der Waals surface area contributed by atoms with Crippen LogP contribution in [0.25, 0.3) is 11.1 Å². The van der Waals surface area contributed by atoms with E-state index in [1.54, 1.807) is 17.1 Å². The minimum atomic E-state index is -4.76. The molecule has 6 heteroatoms. The van der Waals surface area contributed by atoms with Crippen LogP contribution < -0.4 is 4.74 Å². The molecule has 0 bridgehead atoms. The fraction of sp³-hybridized carbons (Fsp3) is 0.421. The summed E-state index contributed by atoms with van der Waals surface area (Å²) in [5.41, 5.74) is 1.35. The minimum absolute atomic E-state index is 0.274. The first kappa shape index (κ1) is 17.4. The van der Waals surface area contributed by atoms with E-state index in [2.05, 4.69) is 15.8 Å². The van der Waals surface area contributed by atoms with Gasteiger partial charge < -0.3 is 4.74 Å². The third-order valence-corrected chi connectivity index (χ3v) is 4.49. The van der Waals surface area contributed by atoms with Gasteiger partial charge in [-0.3, -0.25) is 4.68 Å². The third-order valence-electron chi connectivity index (χ3n) is 4.49. The van der Waals surface area contributed by atoms with E-state index in [1.807, 2.05) is 0 Å². The maximum Gasteiger partial charge on any atom is 0.573 e. The highest BCUT2D eigenvalue weighted by molar-refractivity contribution is 5.71. The molecule has 1 saturated carbocycles. The summed E-state index contributed by atoms with van der Waals surface area (Å²) in [4.78, 5) is 0. The second-order valence-corrected chi connectivity index (χ2v) is 6.36. The molecule has 0 N–H and O–H groups in total. The van der Waals surface area contributed by atoms with E-state index >= 15 is 0 Å². The van der Waals surface area contributed by atoms with Crippen LogP contribution in [-0.2, 0) is 6.54 Å². The Bertz CT molecular complexity index is 768. The molecule has 2 aromatic rings. The van der Waals surface area contributed by atoms with Crippen molar-refractivity contribution >= 4 is 0 Å². The minimum Gasteiger partial charge on any atom is -0.405 e. The van der Waals surface area contributed by atoms with Gasteiger partial charge in [-0.05, 0) is 37.0 Å². The van der Waals surface area contributed by atoms with Gasteiger partial charge in [0.1, 0.15) is 5.75 Å². The smallest absolute Gasteiger partial charge is 0.405 e.